The zero-order valence-electron chi connectivity index (χ0n) is 27.1. The van der Waals surface area contributed by atoms with Gasteiger partial charge in [-0.1, -0.05) is 0 Å². The Morgan fingerprint density at radius 2 is 1.88 bits per heavy atom. The first-order valence-corrected chi connectivity index (χ1v) is 18.0. The number of nitrogens with one attached hydrogen (secondary N) is 1. The molecule has 16 heteroatoms. The molecule has 2 aromatic heterocycles. The second-order valence-electron chi connectivity index (χ2n) is 12.5. The first kappa shape index (κ1) is 32.5. The molecule has 1 saturated carbocycles. The number of halogens is 2. The number of fused-ring (bicyclic) bond motifs is 7. The molecule has 4 aromatic rings. The number of benzene rings is 2. The third kappa shape index (κ3) is 4.95. The molecule has 3 aliphatic heterocycles. The third-order valence-corrected chi connectivity index (χ3v) is 11.6. The molecule has 1 amide bonds. The van der Waals surface area contributed by atoms with Crippen LogP contribution in [0.3, 0.4) is 0 Å². The van der Waals surface area contributed by atoms with Gasteiger partial charge in [0.1, 0.15) is 0 Å². The number of carbonyl (C=O) groups is 2. The Morgan fingerprint density at radius 1 is 1.08 bits per heavy atom. The molecule has 2 fully saturated rings. The Hall–Kier alpha value is -4.66. The van der Waals surface area contributed by atoms with Gasteiger partial charge in [0.2, 0.25) is 0 Å². The second kappa shape index (κ2) is 12.0. The van der Waals surface area contributed by atoms with Crippen LogP contribution in [0.15, 0.2) is 71.8 Å². The Morgan fingerprint density at radius 3 is 2.64 bits per heavy atom. The molecular weight excluding hydrogens is 675 g/mol. The van der Waals surface area contributed by atoms with Gasteiger partial charge in [-0.2, -0.15) is 0 Å². The van der Waals surface area contributed by atoms with E-state index in [-0.39, 0.29) is 37.6 Å². The van der Waals surface area contributed by atoms with Crippen molar-refractivity contribution < 1.29 is 41.8 Å². The van der Waals surface area contributed by atoms with Gasteiger partial charge in [0.15, 0.2) is 0 Å². The van der Waals surface area contributed by atoms with Gasteiger partial charge in [-0.3, -0.25) is 0 Å². The van der Waals surface area contributed by atoms with Crippen LogP contribution in [0.5, 0.6) is 5.75 Å². The first-order chi connectivity index (χ1) is 24.1. The third-order valence-electron chi connectivity index (χ3n) is 9.64. The average Bonchev–Trinajstić information content (AvgIpc) is 3.76. The number of aromatic nitrogens is 2. The van der Waals surface area contributed by atoms with Crippen molar-refractivity contribution in [3.8, 4) is 22.7 Å². The molecule has 8 rings (SSSR count). The maximum atomic E-state index is 16.0. The quantitative estimate of drug-likeness (QED) is 0.207. The van der Waals surface area contributed by atoms with Crippen molar-refractivity contribution in [2.45, 2.75) is 37.5 Å². The summed E-state index contributed by atoms with van der Waals surface area (Å²) in [6, 6.07) is 13.8. The van der Waals surface area contributed by atoms with E-state index in [1.807, 2.05) is 24.3 Å². The van der Waals surface area contributed by atoms with Gasteiger partial charge in [0.25, 0.3) is 0 Å². The van der Waals surface area contributed by atoms with E-state index in [1.165, 1.54) is 35.0 Å². The van der Waals surface area contributed by atoms with Crippen molar-refractivity contribution in [1.29, 1.82) is 0 Å². The number of nitrogens with zero attached hydrogens (tertiary/aromatic N) is 4. The topological polar surface area (TPSA) is 137 Å². The molecule has 4 aliphatic rings. The standard InChI is InChI=1S/C34H34F2N5O8P/c1-3-48-50(45,37-34(13-14-34)33(44)46-2)49-31-25(42)12-16-40-30(31)32(43)39-17-18-47-19-26(39)41(40)29-20-7-4-5-8-23(20)38-15-6-9-24(38)27-21(29)10-11-22(35)28(27)36/h4-12,15-16,26,29,37,45,50H,3,13-14,17-19H2,1-2H3/t26-,29-/m1/s1. The fourth-order valence-electron chi connectivity index (χ4n) is 7.29. The molecule has 0 spiro atoms. The molecule has 0 bridgehead atoms. The zero-order chi connectivity index (χ0) is 34.9. The van der Waals surface area contributed by atoms with E-state index in [9.17, 15) is 19.3 Å². The number of pyridine rings is 1. The Bertz CT molecular complexity index is 2100. The van der Waals surface area contributed by atoms with Crippen LogP contribution in [0.2, 0.25) is 0 Å². The average molecular weight is 710 g/mol. The van der Waals surface area contributed by atoms with E-state index in [1.54, 1.807) is 34.8 Å². The summed E-state index contributed by atoms with van der Waals surface area (Å²) in [5, 5.41) is 4.59. The van der Waals surface area contributed by atoms with E-state index in [0.717, 1.165) is 6.07 Å². The predicted molar refractivity (Wildman–Crippen MR) is 177 cm³/mol. The normalized spacial score (nSPS) is 20.5. The van der Waals surface area contributed by atoms with Crippen LogP contribution in [0.25, 0.3) is 16.9 Å². The molecule has 1 saturated heterocycles. The van der Waals surface area contributed by atoms with Gasteiger partial charge >= 0.3 is 285 Å². The summed E-state index contributed by atoms with van der Waals surface area (Å²) in [4.78, 5) is 54.0. The number of hydrogen-bond acceptors (Lipinski definition) is 10. The van der Waals surface area contributed by atoms with Gasteiger partial charge in [0.05, 0.1) is 0 Å². The summed E-state index contributed by atoms with van der Waals surface area (Å²) in [7, 11) is -3.39. The number of ether oxygens (including phenoxy) is 2. The van der Waals surface area contributed by atoms with E-state index < -0.39 is 60.5 Å². The van der Waals surface area contributed by atoms with Crippen LogP contribution in [-0.2, 0) is 18.8 Å². The minimum absolute atomic E-state index is 0.0373. The summed E-state index contributed by atoms with van der Waals surface area (Å²) < 4.78 is 56.8. The van der Waals surface area contributed by atoms with Crippen LogP contribution in [0, 0.1) is 11.6 Å². The van der Waals surface area contributed by atoms with Crippen molar-refractivity contribution >= 4 is 20.0 Å². The summed E-state index contributed by atoms with van der Waals surface area (Å²) >= 11 is 0. The van der Waals surface area contributed by atoms with Crippen molar-refractivity contribution in [2.75, 3.05) is 38.5 Å². The number of hydrogen-bond donors (Lipinski definition) is 2. The summed E-state index contributed by atoms with van der Waals surface area (Å²) in [5.41, 5.74) is 0.0233. The van der Waals surface area contributed by atoms with Gasteiger partial charge < -0.3 is 0 Å². The molecule has 0 radical (unpaired) electrons. The Balaban J connectivity index is 1.35. The van der Waals surface area contributed by atoms with Gasteiger partial charge in [-0.05, 0) is 0 Å². The SMILES string of the molecule is CCO[PH](O)(NC1(C(=O)OC)CC1)Oc1c2n(ccc1=O)N([C@@H]1c3ccccc3-n3cccc3-c3c1ccc(F)c3F)[C@@H]1COCCN1C2=O. The molecule has 1 aliphatic carbocycles. The number of carbonyl (C=O) groups excluding carboxylic acids is 2. The summed E-state index contributed by atoms with van der Waals surface area (Å²) in [6.07, 6.45) is 3.07. The fraction of sp³-hybridized carbons (Fsp3) is 0.324. The molecule has 262 valence electrons. The molecule has 2 N–H and O–H groups in total. The van der Waals surface area contributed by atoms with Crippen LogP contribution >= 0.6 is 8.09 Å². The molecular formula is C34H34F2N5O8P. The summed E-state index contributed by atoms with van der Waals surface area (Å²) in [5.74, 6) is -3.76. The molecule has 50 heavy (non-hydrogen) atoms. The number of para-hydroxylation sites is 1. The summed E-state index contributed by atoms with van der Waals surface area (Å²) in [6.45, 7) is 1.95. The van der Waals surface area contributed by atoms with Crippen LogP contribution in [0.4, 0.5) is 8.78 Å². The Labute approximate surface area is 285 Å². The number of methoxy groups -OCH3 is 1. The number of esters is 1. The van der Waals surface area contributed by atoms with Crippen molar-refractivity contribution in [2.24, 2.45) is 0 Å². The van der Waals surface area contributed by atoms with E-state index in [4.69, 9.17) is 18.5 Å². The molecule has 5 heterocycles. The van der Waals surface area contributed by atoms with Gasteiger partial charge in [0, 0.05) is 0 Å². The molecule has 2 aromatic carbocycles. The van der Waals surface area contributed by atoms with E-state index in [2.05, 4.69) is 5.09 Å². The zero-order valence-corrected chi connectivity index (χ0v) is 28.1. The van der Waals surface area contributed by atoms with Crippen LogP contribution < -0.4 is 20.0 Å². The fourth-order valence-corrected chi connectivity index (χ4v) is 9.29. The van der Waals surface area contributed by atoms with E-state index >= 15 is 8.78 Å². The monoisotopic (exact) mass is 709 g/mol. The second-order valence-corrected chi connectivity index (χ2v) is 14.4. The molecule has 2 atom stereocenters. The van der Waals surface area contributed by atoms with Gasteiger partial charge in [-0.15, -0.1) is 0 Å². The maximum absolute atomic E-state index is 16.0. The minimum atomic E-state index is -4.61. The van der Waals surface area contributed by atoms with Crippen LogP contribution in [0.1, 0.15) is 47.4 Å². The van der Waals surface area contributed by atoms with Crippen molar-refractivity contribution in [3.05, 3.63) is 106 Å². The van der Waals surface area contributed by atoms with Gasteiger partial charge in [-0.25, -0.2) is 0 Å². The van der Waals surface area contributed by atoms with Crippen molar-refractivity contribution in [3.63, 3.8) is 0 Å². The van der Waals surface area contributed by atoms with Crippen LogP contribution in [-0.4, -0.2) is 76.1 Å². The number of amides is 1. The van der Waals surface area contributed by atoms with Crippen molar-refractivity contribution in [1.82, 2.24) is 19.2 Å². The number of rotatable bonds is 8. The predicted octanol–water partition coefficient (Wildman–Crippen LogP) is 3.55. The van der Waals surface area contributed by atoms with E-state index in [0.29, 0.717) is 35.3 Å². The Kier molecular flexibility index (Phi) is 7.80. The number of morpholine rings is 1. The first-order valence-electron chi connectivity index (χ1n) is 16.2. The molecule has 13 nitrogen and oxygen atoms in total. The molecule has 0 unspecified atom stereocenters.